The maximum Gasteiger partial charge on any atom is 0.408 e. The van der Waals surface area contributed by atoms with E-state index in [2.05, 4.69) is 51.8 Å². The Balaban J connectivity index is 0.000000492. The number of nitrogens with zero attached hydrogens (tertiary/aromatic N) is 2. The molecule has 0 saturated heterocycles. The second kappa shape index (κ2) is 44.9. The summed E-state index contributed by atoms with van der Waals surface area (Å²) in [6, 6.07) is 13.8. The molecule has 0 aliphatic heterocycles. The first-order valence-corrected chi connectivity index (χ1v) is 35.2. The second-order valence-electron chi connectivity index (χ2n) is 30.0. The molecule has 4 aromatic carbocycles. The topological polar surface area (TPSA) is 586 Å². The number of rotatable bonds is 28. The number of carbonyl (C=O) groups is 10. The molecule has 1 aliphatic rings. The number of carboxylic acids is 5. The van der Waals surface area contributed by atoms with Crippen LogP contribution < -0.4 is 84.8 Å². The molecule has 1 fully saturated rings. The first-order chi connectivity index (χ1) is 53.4. The number of carboxylic acid groups (broad SMARTS) is 5. The van der Waals surface area contributed by atoms with Gasteiger partial charge in [0.15, 0.2) is 23.8 Å². The molecule has 116 heavy (non-hydrogen) atoms. The van der Waals surface area contributed by atoms with E-state index in [1.165, 1.54) is 18.2 Å². The smallest absolute Gasteiger partial charge is 0.408 e. The van der Waals surface area contributed by atoms with E-state index in [-0.39, 0.29) is 66.4 Å². The highest BCUT2D eigenvalue weighted by Gasteiger charge is 2.31. The van der Waals surface area contributed by atoms with E-state index in [0.717, 1.165) is 36.7 Å². The van der Waals surface area contributed by atoms with E-state index in [1.54, 1.807) is 147 Å². The summed E-state index contributed by atoms with van der Waals surface area (Å²) >= 11 is 0. The third-order valence-corrected chi connectivity index (χ3v) is 13.7. The van der Waals surface area contributed by atoms with Crippen molar-refractivity contribution in [1.82, 2.24) is 31.6 Å². The normalized spacial score (nSPS) is 12.9. The van der Waals surface area contributed by atoms with Crippen LogP contribution in [0, 0.1) is 19.3 Å². The van der Waals surface area contributed by atoms with E-state index in [9.17, 15) is 71.3 Å². The lowest BCUT2D eigenvalue weighted by Gasteiger charge is -2.22. The molecule has 0 bridgehead atoms. The van der Waals surface area contributed by atoms with E-state index in [0.29, 0.717) is 40.0 Å². The van der Waals surface area contributed by atoms with E-state index in [4.69, 9.17) is 88.5 Å². The molecule has 0 unspecified atom stereocenters. The predicted molar refractivity (Wildman–Crippen MR) is 419 cm³/mol. The number of pyridine rings is 1. The van der Waals surface area contributed by atoms with Gasteiger partial charge in [-0.1, -0.05) is 18.2 Å². The van der Waals surface area contributed by atoms with Crippen LogP contribution in [0.3, 0.4) is 0 Å². The van der Waals surface area contributed by atoms with Gasteiger partial charge in [0.1, 0.15) is 94.5 Å². The van der Waals surface area contributed by atoms with Crippen LogP contribution in [0.5, 0.6) is 23.0 Å². The Bertz CT molecular complexity index is 4210. The van der Waals surface area contributed by atoms with Gasteiger partial charge in [0.05, 0.1) is 46.9 Å². The Kier molecular flexibility index (Phi) is 38.3. The van der Waals surface area contributed by atoms with E-state index in [1.807, 2.05) is 12.1 Å². The summed E-state index contributed by atoms with van der Waals surface area (Å²) in [5.74, 6) is -5.82. The van der Waals surface area contributed by atoms with Gasteiger partial charge in [-0.15, -0.1) is 0 Å². The third kappa shape index (κ3) is 41.4. The van der Waals surface area contributed by atoms with Gasteiger partial charge in [0.2, 0.25) is 0 Å². The number of aryl methyl sites for hydroxylation is 1. The fourth-order valence-electron chi connectivity index (χ4n) is 8.46. The number of nitrogens with one attached hydrogen (secondary N) is 7. The predicted octanol–water partition coefficient (Wildman–Crippen LogP) is 10.1. The van der Waals surface area contributed by atoms with Gasteiger partial charge < -0.3 is 134 Å². The summed E-state index contributed by atoms with van der Waals surface area (Å²) in [5.41, 5.74) is 28.9. The van der Waals surface area contributed by atoms with Crippen molar-refractivity contribution in [3.8, 4) is 23.0 Å². The molecule has 41 heteroatoms. The van der Waals surface area contributed by atoms with Crippen molar-refractivity contribution >= 4 is 106 Å². The summed E-state index contributed by atoms with van der Waals surface area (Å²) in [7, 11) is 0. The van der Waals surface area contributed by atoms with Gasteiger partial charge in [-0.25, -0.2) is 62.2 Å². The van der Waals surface area contributed by atoms with Crippen LogP contribution in [-0.2, 0) is 47.7 Å². The molecule has 22 N–H and O–H groups in total. The molecule has 0 radical (unpaired) electrons. The van der Waals surface area contributed by atoms with Crippen molar-refractivity contribution in [1.29, 1.82) is 0 Å². The number of aliphatic carboxylic acids is 5. The van der Waals surface area contributed by atoms with Gasteiger partial charge in [0, 0.05) is 25.2 Å². The molecule has 0 spiro atoms. The average Bonchev–Trinajstić information content (AvgIpc) is 1.72. The van der Waals surface area contributed by atoms with Crippen molar-refractivity contribution < 1.29 is 129 Å². The highest BCUT2D eigenvalue weighted by molar-refractivity contribution is 5.84. The minimum absolute atomic E-state index is 0.0111. The molecule has 5 atom stereocenters. The largest absolute Gasteiger partial charge is 0.489 e. The molecular formula is C75H105F3N14O24. The number of aromatic nitrogens is 1. The van der Waals surface area contributed by atoms with E-state index >= 15 is 0 Å². The number of nitrogens with two attached hydrogens (primary N) is 5. The number of ether oxygens (including phenoxy) is 9. The molecular weight excluding hydrogens is 1540 g/mol. The molecule has 640 valence electrons. The van der Waals surface area contributed by atoms with Gasteiger partial charge in [-0.05, 0) is 189 Å². The number of alkyl carbamates (subject to hydrolysis) is 5. The number of alkyl halides is 2. The lowest BCUT2D eigenvalue weighted by atomic mass is 10.1. The zero-order valence-corrected chi connectivity index (χ0v) is 67.0. The van der Waals surface area contributed by atoms with Crippen LogP contribution in [0.2, 0.25) is 0 Å². The maximum atomic E-state index is 12.9. The number of hydrogen-bond acceptors (Lipinski definition) is 27. The Hall–Kier alpha value is -13.2. The molecule has 6 rings (SSSR count). The quantitative estimate of drug-likeness (QED) is 0.0126. The highest BCUT2D eigenvalue weighted by Crippen LogP contribution is 2.42. The van der Waals surface area contributed by atoms with E-state index < -0.39 is 138 Å². The number of halogens is 3. The van der Waals surface area contributed by atoms with Crippen molar-refractivity contribution in [2.24, 2.45) is 0 Å². The Morgan fingerprint density at radius 3 is 1.19 bits per heavy atom. The van der Waals surface area contributed by atoms with Gasteiger partial charge in [0.25, 0.3) is 0 Å². The fourth-order valence-corrected chi connectivity index (χ4v) is 8.46. The zero-order chi connectivity index (χ0) is 88.6. The summed E-state index contributed by atoms with van der Waals surface area (Å²) in [6.07, 6.45) is -1.02. The maximum absolute atomic E-state index is 12.9. The number of nitrogen functional groups attached to an aromatic ring is 5. The fraction of sp³-hybridized carbons (Fsp3) is 0.467. The first kappa shape index (κ1) is 98.9. The summed E-state index contributed by atoms with van der Waals surface area (Å²) < 4.78 is 82.7. The Morgan fingerprint density at radius 1 is 0.474 bits per heavy atom. The second-order valence-corrected chi connectivity index (χ2v) is 30.0. The van der Waals surface area contributed by atoms with Gasteiger partial charge in [-0.3, -0.25) is 0 Å². The number of benzene rings is 4. The number of carbonyl (C=O) groups excluding carboxylic acids is 5. The molecule has 38 nitrogen and oxygen atoms in total. The summed E-state index contributed by atoms with van der Waals surface area (Å²) in [4.78, 5) is 121. The molecule has 1 heterocycles. The van der Waals surface area contributed by atoms with Gasteiger partial charge >= 0.3 is 66.9 Å². The lowest BCUT2D eigenvalue weighted by molar-refractivity contribution is -0.141. The molecule has 1 saturated carbocycles. The lowest BCUT2D eigenvalue weighted by Crippen LogP contribution is -2.47. The van der Waals surface area contributed by atoms with Gasteiger partial charge in [-0.2, -0.15) is 8.78 Å². The minimum atomic E-state index is -3.03. The van der Waals surface area contributed by atoms with Crippen molar-refractivity contribution in [3.05, 3.63) is 113 Å². The van der Waals surface area contributed by atoms with Crippen LogP contribution in [0.1, 0.15) is 134 Å². The number of anilines is 7. The summed E-state index contributed by atoms with van der Waals surface area (Å²) in [6.45, 7) is 29.4. The minimum Gasteiger partial charge on any atom is -0.489 e. The molecule has 5 amide bonds. The van der Waals surface area contributed by atoms with Crippen LogP contribution >= 0.6 is 0 Å². The molecule has 5 aromatic rings. The highest BCUT2D eigenvalue weighted by atomic mass is 19.3. The Labute approximate surface area is 667 Å². The SMILES string of the molecule is CC(C)(C)OC(=O)N[C@@H](CNc1ccccc1N)C(=O)O.CC(C)(C)OC(=O)N[C@@H](CNc1ncc(F)cc1N)C(=O)O.CC(C)(C)OC(=O)N[C@@H](COc1cc(C2CC2)ccc1N)C(=O)O.CC(C)(C)OC(=O)N[C@@H](COc1cc(OC(F)F)ccc1N)C(=O)O.[C-]#[N+]c1cc(N)c(OC[C@H](NC(=O)OC(C)(C)C)C(=O)O)cc1C. The Morgan fingerprint density at radius 2 is 0.836 bits per heavy atom. The van der Waals surface area contributed by atoms with Crippen molar-refractivity contribution in [2.45, 2.75) is 194 Å². The number of amides is 5. The molecule has 1 aromatic heterocycles. The van der Waals surface area contributed by atoms with Crippen molar-refractivity contribution in [2.75, 3.05) is 72.2 Å². The standard InChI is InChI=1S/C17H24N2O5.C16H21N3O5.C15H20F2N2O6.C14H21N3O4.C13H19FN4O4/c1-17(2,3)24-16(22)19-13(15(20)21)9-23-14-8-11(10-4-5-10)6-7-12(14)18;1-9-6-13(10(17)7-11(9)18-5)23-8-12(14(20)21)19-15(22)24-16(2,3)4;1-15(2,3)25-14(22)19-10(12(20)21)7-23-11-6-8(24-13(16)17)4-5-9(11)18;1-14(2,3)21-13(20)17-11(12(18)19)8-16-10-7-5-4-6-9(10)15;1-13(2,3)22-12(21)18-9(11(19)20)6-17-10-8(15)4-7(14)5-16-10/h6-8,10,13H,4-5,9,18H2,1-3H3,(H,19,22)(H,20,21);6-7,12H,8,17H2,1-4H3,(H,19,22)(H,20,21);4-6,10,13H,7,18H2,1-3H3,(H,19,22)(H,20,21);4-7,11,16H,8,15H2,1-3H3,(H,17,20)(H,18,19);4-5,9H,6,15H2,1-3H3,(H,16,17)(H,18,21)(H,19,20)/t13-;12-;10-;11-;9-/m00000/s1. The third-order valence-electron chi connectivity index (χ3n) is 13.7. The summed E-state index contributed by atoms with van der Waals surface area (Å²) in [5, 5.41) is 62.4. The van der Waals surface area contributed by atoms with Crippen LogP contribution in [0.4, 0.5) is 82.8 Å². The van der Waals surface area contributed by atoms with Crippen LogP contribution in [0.15, 0.2) is 85.1 Å². The van der Waals surface area contributed by atoms with Crippen molar-refractivity contribution in [3.63, 3.8) is 0 Å². The average molecular weight is 1640 g/mol. The van der Waals surface area contributed by atoms with Crippen LogP contribution in [0.25, 0.3) is 4.85 Å². The zero-order valence-electron chi connectivity index (χ0n) is 67.0. The number of hydrogen-bond donors (Lipinski definition) is 17. The van der Waals surface area contributed by atoms with Crippen LogP contribution in [-0.4, -0.2) is 189 Å². The monoisotopic (exact) mass is 1640 g/mol. The first-order valence-electron chi connectivity index (χ1n) is 35.2. The molecule has 1 aliphatic carbocycles. The number of para-hydroxylation sites is 2.